The molecular formula is C17H20N2O2S. The Kier molecular flexibility index (Phi) is 5.72. The van der Waals surface area contributed by atoms with Crippen molar-refractivity contribution in [3.63, 3.8) is 0 Å². The van der Waals surface area contributed by atoms with Crippen LogP contribution in [-0.4, -0.2) is 11.8 Å². The van der Waals surface area contributed by atoms with Crippen molar-refractivity contribution < 1.29 is 9.59 Å². The van der Waals surface area contributed by atoms with E-state index >= 15 is 0 Å². The van der Waals surface area contributed by atoms with Crippen LogP contribution in [0.1, 0.15) is 35.4 Å². The molecule has 0 saturated carbocycles. The summed E-state index contributed by atoms with van der Waals surface area (Å²) in [4.78, 5) is 24.4. The van der Waals surface area contributed by atoms with E-state index in [1.165, 1.54) is 23.8 Å². The van der Waals surface area contributed by atoms with Gasteiger partial charge in [-0.1, -0.05) is 35.9 Å². The highest BCUT2D eigenvalue weighted by molar-refractivity contribution is 7.10. The van der Waals surface area contributed by atoms with Crippen LogP contribution in [0.2, 0.25) is 0 Å². The number of rotatable bonds is 6. The molecule has 22 heavy (non-hydrogen) atoms. The van der Waals surface area contributed by atoms with Crippen LogP contribution in [-0.2, 0) is 16.1 Å². The topological polar surface area (TPSA) is 58.2 Å². The lowest BCUT2D eigenvalue weighted by Gasteiger charge is -2.16. The van der Waals surface area contributed by atoms with Gasteiger partial charge < -0.3 is 10.6 Å². The summed E-state index contributed by atoms with van der Waals surface area (Å²) in [5, 5.41) is 7.67. The Hall–Kier alpha value is -2.14. The molecule has 0 aliphatic heterocycles. The molecule has 2 rings (SSSR count). The van der Waals surface area contributed by atoms with Gasteiger partial charge in [0.15, 0.2) is 0 Å². The molecule has 0 saturated heterocycles. The summed E-state index contributed by atoms with van der Waals surface area (Å²) in [5.74, 6) is -0.211. The first-order chi connectivity index (χ1) is 10.5. The fraction of sp³-hybridized carbons (Fsp3) is 0.294. The summed E-state index contributed by atoms with van der Waals surface area (Å²) in [6, 6.07) is 11.6. The molecule has 5 heteroatoms. The van der Waals surface area contributed by atoms with Crippen molar-refractivity contribution in [3.05, 3.63) is 57.8 Å². The van der Waals surface area contributed by atoms with Gasteiger partial charge in [-0.2, -0.15) is 0 Å². The van der Waals surface area contributed by atoms with Crippen LogP contribution in [0.25, 0.3) is 0 Å². The van der Waals surface area contributed by atoms with Gasteiger partial charge in [0.25, 0.3) is 0 Å². The van der Waals surface area contributed by atoms with Gasteiger partial charge in [-0.15, -0.1) is 11.3 Å². The molecule has 116 valence electrons. The van der Waals surface area contributed by atoms with Gasteiger partial charge in [0, 0.05) is 18.3 Å². The zero-order chi connectivity index (χ0) is 15.9. The normalized spacial score (nSPS) is 11.7. The highest BCUT2D eigenvalue weighted by atomic mass is 32.1. The van der Waals surface area contributed by atoms with Gasteiger partial charge in [-0.05, 0) is 23.9 Å². The van der Waals surface area contributed by atoms with Crippen molar-refractivity contribution in [2.45, 2.75) is 32.9 Å². The molecule has 1 heterocycles. The Morgan fingerprint density at radius 3 is 2.50 bits per heavy atom. The number of amides is 2. The maximum atomic E-state index is 12.1. The molecule has 0 fully saturated rings. The maximum Gasteiger partial charge on any atom is 0.222 e. The van der Waals surface area contributed by atoms with E-state index in [9.17, 15) is 9.59 Å². The van der Waals surface area contributed by atoms with Crippen LogP contribution in [0.3, 0.4) is 0 Å². The second-order valence-corrected chi connectivity index (χ2v) is 6.21. The van der Waals surface area contributed by atoms with Gasteiger partial charge in [-0.3, -0.25) is 9.59 Å². The largest absolute Gasteiger partial charge is 0.352 e. The van der Waals surface area contributed by atoms with Crippen LogP contribution in [0, 0.1) is 6.92 Å². The van der Waals surface area contributed by atoms with Crippen LogP contribution >= 0.6 is 11.3 Å². The SMILES string of the molecule is CC(=O)N[C@@H](CC(=O)NCc1ccc(C)cc1)c1cccs1. The van der Waals surface area contributed by atoms with E-state index in [4.69, 9.17) is 0 Å². The highest BCUT2D eigenvalue weighted by Gasteiger charge is 2.17. The summed E-state index contributed by atoms with van der Waals surface area (Å²) in [5.41, 5.74) is 2.25. The second kappa shape index (κ2) is 7.75. The summed E-state index contributed by atoms with van der Waals surface area (Å²) in [6.07, 6.45) is 0.242. The van der Waals surface area contributed by atoms with E-state index in [2.05, 4.69) is 10.6 Å². The lowest BCUT2D eigenvalue weighted by Crippen LogP contribution is -2.32. The Bertz CT molecular complexity index is 621. The van der Waals surface area contributed by atoms with E-state index in [1.54, 1.807) is 0 Å². The average Bonchev–Trinajstić information content (AvgIpc) is 3.00. The van der Waals surface area contributed by atoms with Crippen molar-refractivity contribution in [1.29, 1.82) is 0 Å². The third-order valence-electron chi connectivity index (χ3n) is 3.26. The molecule has 1 aromatic carbocycles. The van der Waals surface area contributed by atoms with Crippen LogP contribution in [0.5, 0.6) is 0 Å². The zero-order valence-corrected chi connectivity index (χ0v) is 13.6. The number of benzene rings is 1. The summed E-state index contributed by atoms with van der Waals surface area (Å²) < 4.78 is 0. The summed E-state index contributed by atoms with van der Waals surface area (Å²) in [7, 11) is 0. The molecule has 4 nitrogen and oxygen atoms in total. The lowest BCUT2D eigenvalue weighted by molar-refractivity contribution is -0.122. The number of nitrogens with one attached hydrogen (secondary N) is 2. The second-order valence-electron chi connectivity index (χ2n) is 5.23. The van der Waals surface area contributed by atoms with Gasteiger partial charge in [-0.25, -0.2) is 0 Å². The minimum absolute atomic E-state index is 0.0762. The van der Waals surface area contributed by atoms with E-state index < -0.39 is 0 Å². The van der Waals surface area contributed by atoms with Crippen LogP contribution < -0.4 is 10.6 Å². The summed E-state index contributed by atoms with van der Waals surface area (Å²) in [6.45, 7) is 3.99. The molecule has 0 spiro atoms. The molecule has 2 aromatic rings. The number of hydrogen-bond donors (Lipinski definition) is 2. The zero-order valence-electron chi connectivity index (χ0n) is 12.8. The fourth-order valence-electron chi connectivity index (χ4n) is 2.12. The Balaban J connectivity index is 1.90. The quantitative estimate of drug-likeness (QED) is 0.861. The minimum atomic E-state index is -0.268. The molecule has 0 unspecified atom stereocenters. The van der Waals surface area contributed by atoms with Gasteiger partial charge >= 0.3 is 0 Å². The third-order valence-corrected chi connectivity index (χ3v) is 4.25. The van der Waals surface area contributed by atoms with Crippen LogP contribution in [0.15, 0.2) is 41.8 Å². The molecule has 1 atom stereocenters. The number of carbonyl (C=O) groups excluding carboxylic acids is 2. The molecule has 0 radical (unpaired) electrons. The number of aryl methyl sites for hydroxylation is 1. The maximum absolute atomic E-state index is 12.1. The summed E-state index contributed by atoms with van der Waals surface area (Å²) >= 11 is 1.54. The lowest BCUT2D eigenvalue weighted by atomic mass is 10.1. The first-order valence-corrected chi connectivity index (χ1v) is 8.05. The highest BCUT2D eigenvalue weighted by Crippen LogP contribution is 2.22. The first-order valence-electron chi connectivity index (χ1n) is 7.17. The van der Waals surface area contributed by atoms with Crippen molar-refractivity contribution in [3.8, 4) is 0 Å². The molecule has 0 aliphatic rings. The molecule has 1 aromatic heterocycles. The van der Waals surface area contributed by atoms with Crippen molar-refractivity contribution in [2.24, 2.45) is 0 Å². The van der Waals surface area contributed by atoms with Crippen LogP contribution in [0.4, 0.5) is 0 Å². The van der Waals surface area contributed by atoms with Gasteiger partial charge in [0.2, 0.25) is 11.8 Å². The van der Waals surface area contributed by atoms with Gasteiger partial charge in [0.05, 0.1) is 12.5 Å². The molecule has 0 aliphatic carbocycles. The predicted octanol–water partition coefficient (Wildman–Crippen LogP) is 2.94. The van der Waals surface area contributed by atoms with E-state index in [1.807, 2.05) is 48.7 Å². The molecule has 0 bridgehead atoms. The van der Waals surface area contributed by atoms with E-state index in [0.29, 0.717) is 6.54 Å². The standard InChI is InChI=1S/C17H20N2O2S/c1-12-5-7-14(8-6-12)11-18-17(21)10-15(19-13(2)20)16-4-3-9-22-16/h3-9,15H,10-11H2,1-2H3,(H,18,21)(H,19,20)/t15-/m0/s1. The monoisotopic (exact) mass is 316 g/mol. The first kappa shape index (κ1) is 16.2. The molecular weight excluding hydrogens is 296 g/mol. The molecule has 2 amide bonds. The van der Waals surface area contributed by atoms with Crippen molar-refractivity contribution in [2.75, 3.05) is 0 Å². The van der Waals surface area contributed by atoms with E-state index in [0.717, 1.165) is 10.4 Å². The average molecular weight is 316 g/mol. The molecule has 2 N–H and O–H groups in total. The Morgan fingerprint density at radius 1 is 1.18 bits per heavy atom. The fourth-order valence-corrected chi connectivity index (χ4v) is 2.90. The third kappa shape index (κ3) is 5.00. The van der Waals surface area contributed by atoms with Crippen molar-refractivity contribution in [1.82, 2.24) is 10.6 Å². The number of thiophene rings is 1. The Morgan fingerprint density at radius 2 is 1.91 bits per heavy atom. The van der Waals surface area contributed by atoms with E-state index in [-0.39, 0.29) is 24.3 Å². The smallest absolute Gasteiger partial charge is 0.222 e. The van der Waals surface area contributed by atoms with Gasteiger partial charge in [0.1, 0.15) is 0 Å². The number of hydrogen-bond acceptors (Lipinski definition) is 3. The Labute approximate surface area is 134 Å². The van der Waals surface area contributed by atoms with Crippen molar-refractivity contribution >= 4 is 23.2 Å². The minimum Gasteiger partial charge on any atom is -0.352 e. The number of carbonyl (C=O) groups is 2. The predicted molar refractivity (Wildman–Crippen MR) is 88.5 cm³/mol.